The Hall–Kier alpha value is -2.57. The molecule has 0 aliphatic carbocycles. The van der Waals surface area contributed by atoms with Gasteiger partial charge in [-0.05, 0) is 24.3 Å². The third-order valence-electron chi connectivity index (χ3n) is 2.34. The summed E-state index contributed by atoms with van der Waals surface area (Å²) in [6, 6.07) is 6.85. The van der Waals surface area contributed by atoms with Gasteiger partial charge in [-0.1, -0.05) is 0 Å². The largest absolute Gasteiger partial charge is 0.484 e. The van der Waals surface area contributed by atoms with Crippen LogP contribution in [-0.4, -0.2) is 27.3 Å². The number of nitrogen functional groups attached to an aromatic ring is 1. The molecule has 100 valence electrons. The number of amides is 1. The van der Waals surface area contributed by atoms with Crippen LogP contribution in [0.2, 0.25) is 0 Å². The standard InChI is InChI=1S/C12H15N5O2/c1-17-8-15-11(16-17)6-14-12(18)7-19-10-4-2-9(13)3-5-10/h2-5,8H,6-7,13H2,1H3,(H,14,18). The van der Waals surface area contributed by atoms with Crippen molar-refractivity contribution in [1.29, 1.82) is 0 Å². The number of ether oxygens (including phenoxy) is 1. The Balaban J connectivity index is 1.74. The van der Waals surface area contributed by atoms with E-state index in [4.69, 9.17) is 10.5 Å². The second-order valence-corrected chi connectivity index (χ2v) is 3.97. The van der Waals surface area contributed by atoms with Gasteiger partial charge in [-0.15, -0.1) is 0 Å². The normalized spacial score (nSPS) is 10.2. The monoisotopic (exact) mass is 261 g/mol. The second kappa shape index (κ2) is 5.85. The summed E-state index contributed by atoms with van der Waals surface area (Å²) < 4.78 is 6.88. The Kier molecular flexibility index (Phi) is 3.97. The smallest absolute Gasteiger partial charge is 0.258 e. The molecule has 1 aromatic heterocycles. The van der Waals surface area contributed by atoms with Crippen molar-refractivity contribution in [2.24, 2.45) is 7.05 Å². The number of hydrogen-bond acceptors (Lipinski definition) is 5. The first-order valence-corrected chi connectivity index (χ1v) is 5.73. The van der Waals surface area contributed by atoms with Crippen molar-refractivity contribution in [3.8, 4) is 5.75 Å². The third kappa shape index (κ3) is 3.98. The van der Waals surface area contributed by atoms with Crippen molar-refractivity contribution < 1.29 is 9.53 Å². The zero-order chi connectivity index (χ0) is 13.7. The van der Waals surface area contributed by atoms with Crippen molar-refractivity contribution in [2.45, 2.75) is 6.54 Å². The molecule has 0 saturated carbocycles. The average molecular weight is 261 g/mol. The van der Waals surface area contributed by atoms with Crippen molar-refractivity contribution in [1.82, 2.24) is 20.1 Å². The van der Waals surface area contributed by atoms with Gasteiger partial charge in [0.15, 0.2) is 12.4 Å². The van der Waals surface area contributed by atoms with Crippen LogP contribution in [0.3, 0.4) is 0 Å². The highest BCUT2D eigenvalue weighted by molar-refractivity contribution is 5.77. The summed E-state index contributed by atoms with van der Waals surface area (Å²) in [5, 5.41) is 6.71. The summed E-state index contributed by atoms with van der Waals surface area (Å²) in [5.74, 6) is 0.924. The first-order chi connectivity index (χ1) is 9.13. The van der Waals surface area contributed by atoms with Gasteiger partial charge in [0.2, 0.25) is 0 Å². The maximum Gasteiger partial charge on any atom is 0.258 e. The quantitative estimate of drug-likeness (QED) is 0.744. The molecule has 19 heavy (non-hydrogen) atoms. The molecule has 0 spiro atoms. The Labute approximate surface area is 110 Å². The SMILES string of the molecule is Cn1cnc(CNC(=O)COc2ccc(N)cc2)n1. The van der Waals surface area contributed by atoms with Crippen molar-refractivity contribution >= 4 is 11.6 Å². The van der Waals surface area contributed by atoms with E-state index >= 15 is 0 Å². The molecule has 2 rings (SSSR count). The number of nitrogens with two attached hydrogens (primary N) is 1. The Morgan fingerprint density at radius 1 is 1.42 bits per heavy atom. The predicted molar refractivity (Wildman–Crippen MR) is 69.2 cm³/mol. The Bertz CT molecular complexity index is 550. The van der Waals surface area contributed by atoms with Gasteiger partial charge >= 0.3 is 0 Å². The third-order valence-corrected chi connectivity index (χ3v) is 2.34. The minimum Gasteiger partial charge on any atom is -0.484 e. The molecule has 2 aromatic rings. The number of aryl methyl sites for hydroxylation is 1. The first-order valence-electron chi connectivity index (χ1n) is 5.73. The maximum absolute atomic E-state index is 11.5. The Morgan fingerprint density at radius 3 is 2.79 bits per heavy atom. The van der Waals surface area contributed by atoms with Gasteiger partial charge in [0.1, 0.15) is 12.1 Å². The van der Waals surface area contributed by atoms with Crippen LogP contribution in [0.5, 0.6) is 5.75 Å². The van der Waals surface area contributed by atoms with E-state index in [1.165, 1.54) is 0 Å². The summed E-state index contributed by atoms with van der Waals surface area (Å²) >= 11 is 0. The number of benzene rings is 1. The molecule has 0 radical (unpaired) electrons. The van der Waals surface area contributed by atoms with Crippen molar-refractivity contribution in [3.05, 3.63) is 36.4 Å². The lowest BCUT2D eigenvalue weighted by atomic mass is 10.3. The number of aromatic nitrogens is 3. The fourth-order valence-corrected chi connectivity index (χ4v) is 1.41. The summed E-state index contributed by atoms with van der Waals surface area (Å²) in [4.78, 5) is 15.5. The van der Waals surface area contributed by atoms with E-state index in [2.05, 4.69) is 15.4 Å². The van der Waals surface area contributed by atoms with E-state index in [0.29, 0.717) is 17.3 Å². The number of nitrogens with zero attached hydrogens (tertiary/aromatic N) is 3. The minimum atomic E-state index is -0.232. The van der Waals surface area contributed by atoms with Crippen LogP contribution >= 0.6 is 0 Å². The molecule has 0 unspecified atom stereocenters. The molecule has 1 amide bonds. The molecule has 0 fully saturated rings. The molecule has 0 aliphatic rings. The molecular weight excluding hydrogens is 246 g/mol. The van der Waals surface area contributed by atoms with Crippen LogP contribution in [0.1, 0.15) is 5.82 Å². The van der Waals surface area contributed by atoms with Gasteiger partial charge < -0.3 is 15.8 Å². The lowest BCUT2D eigenvalue weighted by Crippen LogP contribution is -2.28. The molecule has 0 atom stereocenters. The van der Waals surface area contributed by atoms with Crippen LogP contribution in [0.4, 0.5) is 5.69 Å². The summed E-state index contributed by atoms with van der Waals surface area (Å²) in [5.41, 5.74) is 6.20. The number of carbonyl (C=O) groups is 1. The lowest BCUT2D eigenvalue weighted by molar-refractivity contribution is -0.123. The van der Waals surface area contributed by atoms with Crippen LogP contribution < -0.4 is 15.8 Å². The summed E-state index contributed by atoms with van der Waals surface area (Å²) in [7, 11) is 1.77. The van der Waals surface area contributed by atoms with Crippen LogP contribution in [0.25, 0.3) is 0 Å². The fourth-order valence-electron chi connectivity index (χ4n) is 1.41. The highest BCUT2D eigenvalue weighted by atomic mass is 16.5. The van der Waals surface area contributed by atoms with Gasteiger partial charge in [-0.2, -0.15) is 5.10 Å². The van der Waals surface area contributed by atoms with Crippen LogP contribution in [0.15, 0.2) is 30.6 Å². The van der Waals surface area contributed by atoms with E-state index < -0.39 is 0 Å². The predicted octanol–water partition coefficient (Wildman–Crippen LogP) is 0.0925. The topological polar surface area (TPSA) is 95.1 Å². The molecule has 0 bridgehead atoms. The van der Waals surface area contributed by atoms with Gasteiger partial charge in [0, 0.05) is 12.7 Å². The van der Waals surface area contributed by atoms with Gasteiger partial charge in [-0.3, -0.25) is 9.48 Å². The lowest BCUT2D eigenvalue weighted by Gasteiger charge is -2.06. The van der Waals surface area contributed by atoms with Gasteiger partial charge in [0.25, 0.3) is 5.91 Å². The van der Waals surface area contributed by atoms with E-state index in [1.807, 2.05) is 0 Å². The van der Waals surface area contributed by atoms with E-state index in [1.54, 1.807) is 42.3 Å². The Morgan fingerprint density at radius 2 is 2.16 bits per heavy atom. The summed E-state index contributed by atoms with van der Waals surface area (Å²) in [6.07, 6.45) is 1.58. The van der Waals surface area contributed by atoms with Gasteiger partial charge in [-0.25, -0.2) is 4.98 Å². The molecular formula is C12H15N5O2. The molecule has 7 heteroatoms. The van der Waals surface area contributed by atoms with E-state index in [-0.39, 0.29) is 19.1 Å². The van der Waals surface area contributed by atoms with E-state index in [0.717, 1.165) is 0 Å². The van der Waals surface area contributed by atoms with Crippen LogP contribution in [0, 0.1) is 0 Å². The number of rotatable bonds is 5. The minimum absolute atomic E-state index is 0.0588. The zero-order valence-corrected chi connectivity index (χ0v) is 10.5. The number of anilines is 1. The highest BCUT2D eigenvalue weighted by Crippen LogP contribution is 2.12. The molecule has 1 aromatic carbocycles. The average Bonchev–Trinajstić information content (AvgIpc) is 2.81. The van der Waals surface area contributed by atoms with Crippen molar-refractivity contribution in [3.63, 3.8) is 0 Å². The number of hydrogen-bond donors (Lipinski definition) is 2. The maximum atomic E-state index is 11.5. The number of nitrogens with one attached hydrogen (secondary N) is 1. The molecule has 1 heterocycles. The van der Waals surface area contributed by atoms with Crippen LogP contribution in [-0.2, 0) is 18.4 Å². The highest BCUT2D eigenvalue weighted by Gasteiger charge is 2.04. The molecule has 7 nitrogen and oxygen atoms in total. The first kappa shape index (κ1) is 12.9. The molecule has 0 aliphatic heterocycles. The molecule has 0 saturated heterocycles. The zero-order valence-electron chi connectivity index (χ0n) is 10.5. The fraction of sp³-hybridized carbons (Fsp3) is 0.250. The molecule has 3 N–H and O–H groups in total. The van der Waals surface area contributed by atoms with Gasteiger partial charge in [0.05, 0.1) is 6.54 Å². The number of carbonyl (C=O) groups excluding carboxylic acids is 1. The van der Waals surface area contributed by atoms with E-state index in [9.17, 15) is 4.79 Å². The second-order valence-electron chi connectivity index (χ2n) is 3.97. The summed E-state index contributed by atoms with van der Waals surface area (Å²) in [6.45, 7) is 0.224. The van der Waals surface area contributed by atoms with Crippen molar-refractivity contribution in [2.75, 3.05) is 12.3 Å².